The van der Waals surface area contributed by atoms with Crippen molar-refractivity contribution in [2.24, 2.45) is 0 Å². The van der Waals surface area contributed by atoms with E-state index in [9.17, 15) is 18.5 Å². The summed E-state index contributed by atoms with van der Waals surface area (Å²) >= 11 is 0. The molecule has 36 heavy (non-hydrogen) atoms. The Hall–Kier alpha value is -3.31. The van der Waals surface area contributed by atoms with E-state index in [1.54, 1.807) is 18.2 Å². The Bertz CT molecular complexity index is 1390. The molecule has 184 valence electrons. The SMILES string of the molecule is CCC(c1ccccc1)N1C(N2CCC(C#N)(c3ccccc3)CC2)C(=O)c2ccccc2S1(=O)=O. The number of Topliss-reactive ketones (excluding diaryl/α,β-unsaturated/α-hetero) is 1. The minimum absolute atomic E-state index is 0.0632. The Morgan fingerprint density at radius 1 is 0.944 bits per heavy atom. The number of fused-ring (bicyclic) bond motifs is 1. The highest BCUT2D eigenvalue weighted by atomic mass is 32.2. The third-order valence-corrected chi connectivity index (χ3v) is 9.52. The number of nitrogens with zero attached hydrogens (tertiary/aromatic N) is 3. The Balaban J connectivity index is 1.57. The van der Waals surface area contributed by atoms with Gasteiger partial charge in [-0.1, -0.05) is 79.7 Å². The van der Waals surface area contributed by atoms with E-state index in [-0.39, 0.29) is 16.2 Å². The molecule has 1 saturated heterocycles. The van der Waals surface area contributed by atoms with Crippen molar-refractivity contribution in [1.82, 2.24) is 9.21 Å². The van der Waals surface area contributed by atoms with Crippen molar-refractivity contribution in [2.45, 2.75) is 48.7 Å². The number of carbonyl (C=O) groups excluding carboxylic acids is 1. The smallest absolute Gasteiger partial charge is 0.246 e. The quantitative estimate of drug-likeness (QED) is 0.498. The molecule has 2 heterocycles. The predicted octanol–water partition coefficient (Wildman–Crippen LogP) is 4.91. The van der Waals surface area contributed by atoms with Gasteiger partial charge in [0.25, 0.3) is 0 Å². The molecule has 2 unspecified atom stereocenters. The fourth-order valence-electron chi connectivity index (χ4n) is 5.67. The van der Waals surface area contributed by atoms with Crippen LogP contribution in [0.4, 0.5) is 0 Å². The molecule has 0 aromatic heterocycles. The maximum atomic E-state index is 14.1. The van der Waals surface area contributed by atoms with Gasteiger partial charge in [0.05, 0.1) is 22.4 Å². The van der Waals surface area contributed by atoms with Crippen molar-refractivity contribution in [1.29, 1.82) is 5.26 Å². The molecule has 1 fully saturated rings. The van der Waals surface area contributed by atoms with E-state index >= 15 is 0 Å². The number of nitriles is 1. The first kappa shape index (κ1) is 24.4. The number of hydrogen-bond acceptors (Lipinski definition) is 5. The first-order chi connectivity index (χ1) is 17.4. The molecule has 2 aliphatic heterocycles. The molecule has 0 bridgehead atoms. The highest BCUT2D eigenvalue weighted by molar-refractivity contribution is 7.89. The van der Waals surface area contributed by atoms with E-state index < -0.39 is 27.6 Å². The molecule has 7 heteroatoms. The lowest BCUT2D eigenvalue weighted by molar-refractivity contribution is 0.0336. The Labute approximate surface area is 212 Å². The normalized spacial score (nSPS) is 22.3. The Morgan fingerprint density at radius 2 is 1.53 bits per heavy atom. The lowest BCUT2D eigenvalue weighted by Crippen LogP contribution is -2.61. The minimum atomic E-state index is -3.95. The van der Waals surface area contributed by atoms with Gasteiger partial charge < -0.3 is 0 Å². The zero-order chi connectivity index (χ0) is 25.3. The average molecular weight is 500 g/mol. The van der Waals surface area contributed by atoms with Crippen LogP contribution in [0.5, 0.6) is 0 Å². The zero-order valence-electron chi connectivity index (χ0n) is 20.2. The number of carbonyl (C=O) groups is 1. The maximum absolute atomic E-state index is 14.1. The summed E-state index contributed by atoms with van der Waals surface area (Å²) in [4.78, 5) is 16.0. The van der Waals surface area contributed by atoms with Crippen molar-refractivity contribution in [3.05, 3.63) is 102 Å². The van der Waals surface area contributed by atoms with Crippen LogP contribution >= 0.6 is 0 Å². The van der Waals surface area contributed by atoms with Crippen LogP contribution in [-0.2, 0) is 15.4 Å². The second-order valence-corrected chi connectivity index (χ2v) is 11.3. The van der Waals surface area contributed by atoms with E-state index in [2.05, 4.69) is 6.07 Å². The highest BCUT2D eigenvalue weighted by Gasteiger charge is 2.51. The number of benzene rings is 3. The third-order valence-electron chi connectivity index (χ3n) is 7.60. The fourth-order valence-corrected chi connectivity index (χ4v) is 7.69. The Kier molecular flexibility index (Phi) is 6.52. The topological polar surface area (TPSA) is 81.5 Å². The van der Waals surface area contributed by atoms with Gasteiger partial charge >= 0.3 is 0 Å². The largest absolute Gasteiger partial charge is 0.291 e. The summed E-state index contributed by atoms with van der Waals surface area (Å²) in [5, 5.41) is 10.1. The van der Waals surface area contributed by atoms with Gasteiger partial charge in [0.1, 0.15) is 6.17 Å². The van der Waals surface area contributed by atoms with E-state index in [0.29, 0.717) is 32.4 Å². The highest BCUT2D eigenvalue weighted by Crippen LogP contribution is 2.42. The third kappa shape index (κ3) is 3.96. The molecule has 6 nitrogen and oxygen atoms in total. The standard InChI is InChI=1S/C29H29N3O3S/c1-2-25(22-11-5-3-6-12-22)32-28(27(33)24-15-9-10-16-26(24)36(32,34)35)31-19-17-29(21-30,18-20-31)23-13-7-4-8-14-23/h3-16,25,28H,2,17-20H2,1H3. The summed E-state index contributed by atoms with van der Waals surface area (Å²) in [6, 6.07) is 27.8. The molecule has 0 amide bonds. The van der Waals surface area contributed by atoms with E-state index in [0.717, 1.165) is 11.1 Å². The van der Waals surface area contributed by atoms with Crippen LogP contribution in [0, 0.1) is 11.3 Å². The summed E-state index contributed by atoms with van der Waals surface area (Å²) in [7, 11) is -3.95. The van der Waals surface area contributed by atoms with Crippen LogP contribution in [0.25, 0.3) is 0 Å². The van der Waals surface area contributed by atoms with Gasteiger partial charge in [0.2, 0.25) is 10.0 Å². The molecule has 5 rings (SSSR count). The molecule has 0 spiro atoms. The molecular weight excluding hydrogens is 470 g/mol. The van der Waals surface area contributed by atoms with Crippen LogP contribution in [0.2, 0.25) is 0 Å². The van der Waals surface area contributed by atoms with Gasteiger partial charge in [0.15, 0.2) is 5.78 Å². The summed E-state index contributed by atoms with van der Waals surface area (Å²) in [6.07, 6.45) is 0.613. The zero-order valence-corrected chi connectivity index (χ0v) is 21.1. The Morgan fingerprint density at radius 3 is 2.14 bits per heavy atom. The molecule has 0 radical (unpaired) electrons. The summed E-state index contributed by atoms with van der Waals surface area (Å²) in [6.45, 7) is 2.83. The predicted molar refractivity (Wildman–Crippen MR) is 138 cm³/mol. The monoisotopic (exact) mass is 499 g/mol. The van der Waals surface area contributed by atoms with Crippen molar-refractivity contribution in [3.8, 4) is 6.07 Å². The lowest BCUT2D eigenvalue weighted by Gasteiger charge is -2.47. The number of hydrogen-bond donors (Lipinski definition) is 0. The summed E-state index contributed by atoms with van der Waals surface area (Å²) < 4.78 is 29.6. The van der Waals surface area contributed by atoms with Crippen LogP contribution in [0.3, 0.4) is 0 Å². The molecule has 2 aliphatic rings. The maximum Gasteiger partial charge on any atom is 0.246 e. The fraction of sp³-hybridized carbons (Fsp3) is 0.310. The van der Waals surface area contributed by atoms with E-state index in [1.807, 2.05) is 72.5 Å². The van der Waals surface area contributed by atoms with Gasteiger partial charge in [-0.25, -0.2) is 8.42 Å². The number of rotatable bonds is 5. The second-order valence-electron chi connectivity index (χ2n) is 9.50. The molecule has 0 N–H and O–H groups in total. The molecule has 2 atom stereocenters. The molecule has 0 saturated carbocycles. The average Bonchev–Trinajstić information content (AvgIpc) is 2.93. The summed E-state index contributed by atoms with van der Waals surface area (Å²) in [5.74, 6) is -0.209. The van der Waals surface area contributed by atoms with Gasteiger partial charge in [-0.2, -0.15) is 9.57 Å². The minimum Gasteiger partial charge on any atom is -0.291 e. The first-order valence-electron chi connectivity index (χ1n) is 12.4. The number of likely N-dealkylation sites (tertiary alicyclic amines) is 1. The molecule has 3 aromatic rings. The van der Waals surface area contributed by atoms with Crippen LogP contribution in [-0.4, -0.2) is 42.7 Å². The van der Waals surface area contributed by atoms with Crippen LogP contribution in [0.1, 0.15) is 53.7 Å². The van der Waals surface area contributed by atoms with E-state index in [4.69, 9.17) is 0 Å². The van der Waals surface area contributed by atoms with Crippen LogP contribution in [0.15, 0.2) is 89.8 Å². The van der Waals surface area contributed by atoms with Crippen molar-refractivity contribution in [3.63, 3.8) is 0 Å². The van der Waals surface area contributed by atoms with Gasteiger partial charge in [-0.3, -0.25) is 9.69 Å². The number of sulfonamides is 1. The lowest BCUT2D eigenvalue weighted by atomic mass is 9.74. The van der Waals surface area contributed by atoms with E-state index in [1.165, 1.54) is 10.4 Å². The van der Waals surface area contributed by atoms with Gasteiger partial charge in [-0.05, 0) is 42.5 Å². The first-order valence-corrected chi connectivity index (χ1v) is 13.8. The number of piperidine rings is 1. The molecule has 0 aliphatic carbocycles. The second kappa shape index (κ2) is 9.62. The molecule has 3 aromatic carbocycles. The van der Waals surface area contributed by atoms with Crippen LogP contribution < -0.4 is 0 Å². The summed E-state index contributed by atoms with van der Waals surface area (Å²) in [5.41, 5.74) is 1.41. The molecular formula is C29H29N3O3S. The van der Waals surface area contributed by atoms with Gasteiger partial charge in [0, 0.05) is 18.7 Å². The van der Waals surface area contributed by atoms with Gasteiger partial charge in [-0.15, -0.1) is 0 Å². The van der Waals surface area contributed by atoms with Crippen molar-refractivity contribution < 1.29 is 13.2 Å². The van der Waals surface area contributed by atoms with Crippen molar-refractivity contribution >= 4 is 15.8 Å². The van der Waals surface area contributed by atoms with Crippen molar-refractivity contribution in [2.75, 3.05) is 13.1 Å². The number of ketones is 1.